The molecule has 124 valence electrons. The number of carbonyl (C=O) groups is 1. The van der Waals surface area contributed by atoms with E-state index in [4.69, 9.17) is 4.42 Å². The highest BCUT2D eigenvalue weighted by molar-refractivity contribution is 5.93. The molecule has 3 aromatic heterocycles. The van der Waals surface area contributed by atoms with E-state index in [-0.39, 0.29) is 11.9 Å². The van der Waals surface area contributed by atoms with E-state index in [1.54, 1.807) is 10.6 Å². The van der Waals surface area contributed by atoms with Gasteiger partial charge in [0.15, 0.2) is 0 Å². The number of furan rings is 1. The van der Waals surface area contributed by atoms with Crippen molar-refractivity contribution in [3.8, 4) is 0 Å². The van der Waals surface area contributed by atoms with E-state index in [1.165, 1.54) is 18.9 Å². The first-order valence-electron chi connectivity index (χ1n) is 7.96. The van der Waals surface area contributed by atoms with Crippen LogP contribution in [0, 0.1) is 6.92 Å². The van der Waals surface area contributed by atoms with Crippen LogP contribution in [0.25, 0.3) is 5.78 Å². The summed E-state index contributed by atoms with van der Waals surface area (Å²) in [5.74, 6) is 1.50. The van der Waals surface area contributed by atoms with Gasteiger partial charge < -0.3 is 14.6 Å². The van der Waals surface area contributed by atoms with Gasteiger partial charge in [-0.05, 0) is 25.8 Å². The van der Waals surface area contributed by atoms with Gasteiger partial charge in [0, 0.05) is 30.9 Å². The van der Waals surface area contributed by atoms with Crippen LogP contribution >= 0.6 is 0 Å². The third kappa shape index (κ3) is 2.70. The number of anilines is 1. The number of nitrogens with zero attached hydrogens (tertiary/aromatic N) is 5. The maximum Gasteiger partial charge on any atom is 0.257 e. The van der Waals surface area contributed by atoms with E-state index >= 15 is 0 Å². The minimum absolute atomic E-state index is 0.0284. The van der Waals surface area contributed by atoms with Gasteiger partial charge in [-0.3, -0.25) is 4.79 Å². The molecule has 1 fully saturated rings. The maximum atomic E-state index is 12.3. The predicted molar refractivity (Wildman–Crippen MR) is 86.8 cm³/mol. The summed E-state index contributed by atoms with van der Waals surface area (Å²) in [4.78, 5) is 22.7. The number of hydrogen-bond donors (Lipinski definition) is 1. The van der Waals surface area contributed by atoms with Gasteiger partial charge in [-0.1, -0.05) is 0 Å². The monoisotopic (exact) mass is 326 g/mol. The van der Waals surface area contributed by atoms with Gasteiger partial charge in [-0.2, -0.15) is 14.6 Å². The molecule has 0 radical (unpaired) electrons. The van der Waals surface area contributed by atoms with Crippen molar-refractivity contribution in [3.05, 3.63) is 42.2 Å². The summed E-state index contributed by atoms with van der Waals surface area (Å²) in [5, 5.41) is 7.72. The number of fused-ring (bicyclic) bond motifs is 1. The van der Waals surface area contributed by atoms with Crippen LogP contribution in [0.4, 0.5) is 5.82 Å². The highest BCUT2D eigenvalue weighted by Gasteiger charge is 2.24. The molecule has 8 nitrogen and oxygen atoms in total. The second-order valence-corrected chi connectivity index (χ2v) is 5.98. The van der Waals surface area contributed by atoms with Gasteiger partial charge in [0.1, 0.15) is 18.4 Å². The third-order valence-electron chi connectivity index (χ3n) is 4.28. The highest BCUT2D eigenvalue weighted by Crippen LogP contribution is 2.19. The van der Waals surface area contributed by atoms with Crippen LogP contribution in [-0.2, 0) is 0 Å². The molecular weight excluding hydrogens is 308 g/mol. The van der Waals surface area contributed by atoms with Gasteiger partial charge >= 0.3 is 0 Å². The number of nitrogens with one attached hydrogen (secondary N) is 1. The molecule has 0 aliphatic carbocycles. The van der Waals surface area contributed by atoms with E-state index in [2.05, 4.69) is 20.4 Å². The number of amides is 1. The van der Waals surface area contributed by atoms with Crippen LogP contribution < -0.4 is 5.32 Å². The fourth-order valence-corrected chi connectivity index (χ4v) is 3.04. The van der Waals surface area contributed by atoms with Crippen LogP contribution in [0.3, 0.4) is 0 Å². The molecule has 4 rings (SSSR count). The molecular formula is C16H18N6O2. The summed E-state index contributed by atoms with van der Waals surface area (Å²) in [5.41, 5.74) is 1.50. The normalized spacial score (nSPS) is 15.8. The van der Waals surface area contributed by atoms with Crippen LogP contribution in [0.15, 0.2) is 35.4 Å². The quantitative estimate of drug-likeness (QED) is 0.789. The largest absolute Gasteiger partial charge is 0.472 e. The second kappa shape index (κ2) is 5.95. The topological polar surface area (TPSA) is 88.6 Å². The smallest absolute Gasteiger partial charge is 0.257 e. The summed E-state index contributed by atoms with van der Waals surface area (Å²) in [6, 6.07) is 3.95. The van der Waals surface area contributed by atoms with E-state index < -0.39 is 0 Å². The number of piperidine rings is 1. The van der Waals surface area contributed by atoms with Crippen LogP contribution in [-0.4, -0.2) is 49.5 Å². The maximum absolute atomic E-state index is 12.3. The zero-order chi connectivity index (χ0) is 16.5. The molecule has 1 aliphatic heterocycles. The molecule has 1 aliphatic rings. The lowest BCUT2D eigenvalue weighted by Gasteiger charge is -2.32. The predicted octanol–water partition coefficient (Wildman–Crippen LogP) is 1.74. The van der Waals surface area contributed by atoms with Crippen molar-refractivity contribution in [3.63, 3.8) is 0 Å². The van der Waals surface area contributed by atoms with E-state index in [0.29, 0.717) is 24.4 Å². The number of hydrogen-bond acceptors (Lipinski definition) is 6. The minimum Gasteiger partial charge on any atom is -0.472 e. The third-order valence-corrected chi connectivity index (χ3v) is 4.28. The summed E-state index contributed by atoms with van der Waals surface area (Å²) in [6.07, 6.45) is 6.27. The Hall–Kier alpha value is -2.90. The highest BCUT2D eigenvalue weighted by atomic mass is 16.3. The first kappa shape index (κ1) is 14.7. The van der Waals surface area contributed by atoms with Crippen molar-refractivity contribution >= 4 is 17.5 Å². The molecule has 4 heterocycles. The Morgan fingerprint density at radius 3 is 2.96 bits per heavy atom. The molecule has 0 bridgehead atoms. The Morgan fingerprint density at radius 1 is 1.38 bits per heavy atom. The first-order valence-corrected chi connectivity index (χ1v) is 7.96. The van der Waals surface area contributed by atoms with Crippen LogP contribution in [0.5, 0.6) is 0 Å². The van der Waals surface area contributed by atoms with E-state index in [0.717, 1.165) is 24.4 Å². The van der Waals surface area contributed by atoms with Gasteiger partial charge in [-0.25, -0.2) is 4.98 Å². The summed E-state index contributed by atoms with van der Waals surface area (Å²) < 4.78 is 6.69. The van der Waals surface area contributed by atoms with E-state index in [9.17, 15) is 4.79 Å². The number of carbonyl (C=O) groups excluding carboxylic acids is 1. The van der Waals surface area contributed by atoms with Crippen molar-refractivity contribution in [2.24, 2.45) is 0 Å². The lowest BCUT2D eigenvalue weighted by atomic mass is 10.0. The number of likely N-dealkylation sites (tertiary alicyclic amines) is 1. The van der Waals surface area contributed by atoms with Gasteiger partial charge in [0.25, 0.3) is 11.7 Å². The molecule has 0 unspecified atom stereocenters. The molecule has 0 saturated carbocycles. The van der Waals surface area contributed by atoms with Gasteiger partial charge in [-0.15, -0.1) is 0 Å². The number of aromatic nitrogens is 4. The average Bonchev–Trinajstić information content (AvgIpc) is 3.26. The van der Waals surface area contributed by atoms with Crippen molar-refractivity contribution in [2.75, 3.05) is 18.4 Å². The molecule has 0 atom stereocenters. The molecule has 0 spiro atoms. The lowest BCUT2D eigenvalue weighted by molar-refractivity contribution is 0.0717. The second-order valence-electron chi connectivity index (χ2n) is 5.98. The molecule has 3 aromatic rings. The number of aryl methyl sites for hydroxylation is 1. The van der Waals surface area contributed by atoms with Crippen LogP contribution in [0.1, 0.15) is 28.9 Å². The van der Waals surface area contributed by atoms with Crippen molar-refractivity contribution in [1.82, 2.24) is 24.5 Å². The number of rotatable bonds is 3. The molecule has 24 heavy (non-hydrogen) atoms. The van der Waals surface area contributed by atoms with Crippen molar-refractivity contribution < 1.29 is 9.21 Å². The van der Waals surface area contributed by atoms with Gasteiger partial charge in [0.2, 0.25) is 0 Å². The Bertz CT molecular complexity index is 849. The Balaban J connectivity index is 1.43. The van der Waals surface area contributed by atoms with Crippen molar-refractivity contribution in [1.29, 1.82) is 0 Å². The average molecular weight is 326 g/mol. The van der Waals surface area contributed by atoms with Gasteiger partial charge in [0.05, 0.1) is 11.8 Å². The Morgan fingerprint density at radius 2 is 2.21 bits per heavy atom. The summed E-state index contributed by atoms with van der Waals surface area (Å²) in [7, 11) is 0. The molecule has 1 amide bonds. The zero-order valence-electron chi connectivity index (χ0n) is 13.3. The zero-order valence-corrected chi connectivity index (χ0v) is 13.3. The summed E-state index contributed by atoms with van der Waals surface area (Å²) >= 11 is 0. The first-order chi connectivity index (χ1) is 11.7. The Kier molecular flexibility index (Phi) is 3.64. The molecule has 0 aromatic carbocycles. The fourth-order valence-electron chi connectivity index (χ4n) is 3.04. The SMILES string of the molecule is Cc1cc(NC2CCN(C(=O)c3ccoc3)CC2)n2ncnc2n1. The Labute approximate surface area is 138 Å². The summed E-state index contributed by atoms with van der Waals surface area (Å²) in [6.45, 7) is 3.37. The van der Waals surface area contributed by atoms with Crippen LogP contribution in [0.2, 0.25) is 0 Å². The standard InChI is InChI=1S/C16H18N6O2/c1-11-8-14(22-16(19-11)17-10-18-22)20-13-2-5-21(6-3-13)15(23)12-4-7-24-9-12/h4,7-10,13,20H,2-3,5-6H2,1H3. The lowest BCUT2D eigenvalue weighted by Crippen LogP contribution is -2.42. The molecule has 1 N–H and O–H groups in total. The minimum atomic E-state index is 0.0284. The molecule has 8 heteroatoms. The van der Waals surface area contributed by atoms with Crippen molar-refractivity contribution in [2.45, 2.75) is 25.8 Å². The fraction of sp³-hybridized carbons (Fsp3) is 0.375. The van der Waals surface area contributed by atoms with E-state index in [1.807, 2.05) is 17.9 Å². The molecule has 1 saturated heterocycles.